The molecule has 1 unspecified atom stereocenters. The zero-order valence-corrected chi connectivity index (χ0v) is 19.4. The van der Waals surface area contributed by atoms with E-state index in [2.05, 4.69) is 5.32 Å². The lowest BCUT2D eigenvalue weighted by Gasteiger charge is -2.34. The van der Waals surface area contributed by atoms with E-state index in [-0.39, 0.29) is 16.6 Å². The van der Waals surface area contributed by atoms with Crippen LogP contribution in [0.4, 0.5) is 21.0 Å². The minimum Gasteiger partial charge on any atom is -0.317 e. The van der Waals surface area contributed by atoms with E-state index < -0.39 is 30.1 Å². The van der Waals surface area contributed by atoms with Gasteiger partial charge in [0.1, 0.15) is 12.1 Å². The number of likely N-dealkylation sites (tertiary alicyclic amines) is 1. The fourth-order valence-electron chi connectivity index (χ4n) is 4.94. The lowest BCUT2D eigenvalue weighted by Crippen LogP contribution is -2.55. The van der Waals surface area contributed by atoms with Gasteiger partial charge in [-0.1, -0.05) is 34.8 Å². The molecule has 0 radical (unpaired) electrons. The van der Waals surface area contributed by atoms with Crippen molar-refractivity contribution in [3.63, 3.8) is 0 Å². The smallest absolute Gasteiger partial charge is 0.317 e. The van der Waals surface area contributed by atoms with Crippen LogP contribution in [0.15, 0.2) is 30.3 Å². The van der Waals surface area contributed by atoms with Crippen LogP contribution in [-0.4, -0.2) is 52.4 Å². The third kappa shape index (κ3) is 3.31. The van der Waals surface area contributed by atoms with E-state index in [1.165, 1.54) is 6.07 Å². The number of benzene rings is 2. The highest BCUT2D eigenvalue weighted by Crippen LogP contribution is 2.43. The second kappa shape index (κ2) is 7.80. The largest absolute Gasteiger partial charge is 0.332 e. The van der Waals surface area contributed by atoms with Gasteiger partial charge in [-0.15, -0.1) is 0 Å². The van der Waals surface area contributed by atoms with Gasteiger partial charge in [0, 0.05) is 22.3 Å². The SMILES string of the molecule is Cc1c(N2C(=O)[C@@H]3C4C[C@H](CN4C(=O)Nc4cc(Cl)cc(Cl)c4)N3C2=O)ccc(C#N)c1Cl. The Hall–Kier alpha value is -2.99. The molecule has 3 aliphatic rings. The summed E-state index contributed by atoms with van der Waals surface area (Å²) in [5.74, 6) is -0.417. The summed E-state index contributed by atoms with van der Waals surface area (Å²) >= 11 is 18.3. The predicted octanol–water partition coefficient (Wildman–Crippen LogP) is 4.65. The van der Waals surface area contributed by atoms with Gasteiger partial charge in [0.05, 0.1) is 28.4 Å². The molecule has 11 heteroatoms. The second-order valence-corrected chi connectivity index (χ2v) is 9.44. The summed E-state index contributed by atoms with van der Waals surface area (Å²) in [5.41, 5.74) is 1.52. The number of anilines is 2. The molecule has 0 saturated carbocycles. The van der Waals surface area contributed by atoms with Crippen LogP contribution in [-0.2, 0) is 4.79 Å². The van der Waals surface area contributed by atoms with Crippen LogP contribution >= 0.6 is 34.8 Å². The molecule has 5 rings (SSSR count). The molecule has 168 valence electrons. The van der Waals surface area contributed by atoms with Crippen LogP contribution in [0.25, 0.3) is 0 Å². The number of halogens is 3. The van der Waals surface area contributed by atoms with Gasteiger partial charge in [-0.2, -0.15) is 5.26 Å². The van der Waals surface area contributed by atoms with E-state index in [1.54, 1.807) is 41.0 Å². The van der Waals surface area contributed by atoms with E-state index in [9.17, 15) is 19.6 Å². The minimum absolute atomic E-state index is 0.201. The molecule has 3 atom stereocenters. The summed E-state index contributed by atoms with van der Waals surface area (Å²) in [6.07, 6.45) is 0.521. The van der Waals surface area contributed by atoms with Gasteiger partial charge >= 0.3 is 12.1 Å². The van der Waals surface area contributed by atoms with Crippen molar-refractivity contribution < 1.29 is 14.4 Å². The zero-order chi connectivity index (χ0) is 23.6. The molecular weight excluding hydrogens is 489 g/mol. The van der Waals surface area contributed by atoms with Crippen molar-refractivity contribution in [2.45, 2.75) is 31.5 Å². The maximum atomic E-state index is 13.4. The van der Waals surface area contributed by atoms with Gasteiger partial charge in [-0.05, 0) is 49.2 Å². The molecule has 0 aliphatic carbocycles. The number of rotatable bonds is 2. The van der Waals surface area contributed by atoms with Crippen LogP contribution in [0.5, 0.6) is 0 Å². The van der Waals surface area contributed by atoms with E-state index >= 15 is 0 Å². The number of nitrogens with one attached hydrogen (secondary N) is 1. The van der Waals surface area contributed by atoms with Crippen molar-refractivity contribution in [3.8, 4) is 6.07 Å². The van der Waals surface area contributed by atoms with Crippen LogP contribution in [0.2, 0.25) is 15.1 Å². The molecule has 5 amide bonds. The van der Waals surface area contributed by atoms with Crippen LogP contribution in [0.3, 0.4) is 0 Å². The number of fused-ring (bicyclic) bond motifs is 5. The summed E-state index contributed by atoms with van der Waals surface area (Å²) in [5, 5.41) is 12.9. The van der Waals surface area contributed by atoms with Gasteiger partial charge in [-0.3, -0.25) is 4.79 Å². The maximum absolute atomic E-state index is 13.4. The molecule has 33 heavy (non-hydrogen) atoms. The normalized spacial score (nSPS) is 23.2. The van der Waals surface area contributed by atoms with Crippen molar-refractivity contribution in [2.75, 3.05) is 16.8 Å². The Kier molecular flexibility index (Phi) is 5.16. The Morgan fingerprint density at radius 2 is 1.85 bits per heavy atom. The number of nitriles is 1. The van der Waals surface area contributed by atoms with Gasteiger partial charge in [0.25, 0.3) is 5.91 Å². The van der Waals surface area contributed by atoms with Crippen LogP contribution < -0.4 is 10.2 Å². The van der Waals surface area contributed by atoms with E-state index in [0.29, 0.717) is 39.9 Å². The Morgan fingerprint density at radius 3 is 2.52 bits per heavy atom. The quantitative estimate of drug-likeness (QED) is 0.602. The second-order valence-electron chi connectivity index (χ2n) is 8.19. The first-order valence-corrected chi connectivity index (χ1v) is 11.2. The Bertz CT molecular complexity index is 1260. The summed E-state index contributed by atoms with van der Waals surface area (Å²) in [6.45, 7) is 1.97. The zero-order valence-electron chi connectivity index (χ0n) is 17.2. The van der Waals surface area contributed by atoms with E-state index in [0.717, 1.165) is 4.90 Å². The number of urea groups is 2. The Balaban J connectivity index is 1.41. The van der Waals surface area contributed by atoms with Gasteiger partial charge in [-0.25, -0.2) is 14.5 Å². The average molecular weight is 505 g/mol. The van der Waals surface area contributed by atoms with Gasteiger partial charge in [0.15, 0.2) is 0 Å². The number of imide groups is 1. The van der Waals surface area contributed by atoms with Crippen molar-refractivity contribution in [1.82, 2.24) is 9.80 Å². The first-order chi connectivity index (χ1) is 15.7. The third-order valence-corrected chi connectivity index (χ3v) is 7.28. The number of hydrogen-bond donors (Lipinski definition) is 1. The van der Waals surface area contributed by atoms with Gasteiger partial charge in [0.2, 0.25) is 0 Å². The predicted molar refractivity (Wildman–Crippen MR) is 124 cm³/mol. The summed E-state index contributed by atoms with van der Waals surface area (Å²) in [6, 6.07) is 7.39. The standard InChI is InChI=1S/C22H16Cl3N5O3/c1-10-16(3-2-11(8-26)18(10)25)30-20(31)19-17-7-15(29(19)22(30)33)9-28(17)21(32)27-14-5-12(23)4-13(24)6-14/h2-6,15,17,19H,7,9H2,1H3,(H,27,32)/t15-,17?,19+/m1/s1. The molecular formula is C22H16Cl3N5O3. The molecule has 2 aromatic carbocycles. The molecule has 0 aromatic heterocycles. The minimum atomic E-state index is -0.779. The highest BCUT2D eigenvalue weighted by atomic mass is 35.5. The van der Waals surface area contributed by atoms with Crippen LogP contribution in [0, 0.1) is 18.3 Å². The third-order valence-electron chi connectivity index (χ3n) is 6.36. The van der Waals surface area contributed by atoms with E-state index in [4.69, 9.17) is 34.8 Å². The molecule has 3 saturated heterocycles. The number of hydrogen-bond acceptors (Lipinski definition) is 4. The monoisotopic (exact) mass is 503 g/mol. The maximum Gasteiger partial charge on any atom is 0.332 e. The molecule has 0 spiro atoms. The topological polar surface area (TPSA) is 96.8 Å². The molecule has 3 fully saturated rings. The van der Waals surface area contributed by atoms with Crippen molar-refractivity contribution in [1.29, 1.82) is 5.26 Å². The van der Waals surface area contributed by atoms with Crippen molar-refractivity contribution >= 4 is 64.1 Å². The van der Waals surface area contributed by atoms with Crippen molar-refractivity contribution in [2.24, 2.45) is 0 Å². The number of carbonyl (C=O) groups is 3. The number of carbonyl (C=O) groups excluding carboxylic acids is 3. The molecule has 1 N–H and O–H groups in total. The Labute approximate surface area is 204 Å². The highest BCUT2D eigenvalue weighted by molar-refractivity contribution is 6.35. The molecule has 2 aromatic rings. The van der Waals surface area contributed by atoms with Crippen molar-refractivity contribution in [3.05, 3.63) is 56.5 Å². The summed E-state index contributed by atoms with van der Waals surface area (Å²) in [7, 11) is 0. The first kappa shape index (κ1) is 21.8. The highest BCUT2D eigenvalue weighted by Gasteiger charge is 2.63. The number of amides is 5. The fraction of sp³-hybridized carbons (Fsp3) is 0.273. The summed E-state index contributed by atoms with van der Waals surface area (Å²) < 4.78 is 0. The lowest BCUT2D eigenvalue weighted by molar-refractivity contribution is -0.120. The number of piperazine rings is 1. The molecule has 3 heterocycles. The lowest BCUT2D eigenvalue weighted by atomic mass is 10.1. The number of nitrogens with zero attached hydrogens (tertiary/aromatic N) is 4. The van der Waals surface area contributed by atoms with Crippen LogP contribution in [0.1, 0.15) is 17.5 Å². The van der Waals surface area contributed by atoms with E-state index in [1.807, 2.05) is 6.07 Å². The Morgan fingerprint density at radius 1 is 1.15 bits per heavy atom. The molecule has 3 aliphatic heterocycles. The van der Waals surface area contributed by atoms with Gasteiger partial charge < -0.3 is 15.1 Å². The molecule has 2 bridgehead atoms. The average Bonchev–Trinajstić information content (AvgIpc) is 3.41. The first-order valence-electron chi connectivity index (χ1n) is 10.1. The molecule has 8 nitrogen and oxygen atoms in total. The summed E-state index contributed by atoms with van der Waals surface area (Å²) in [4.78, 5) is 43.8. The fourth-order valence-corrected chi connectivity index (χ4v) is 5.67.